The van der Waals surface area contributed by atoms with E-state index >= 15 is 0 Å². The van der Waals surface area contributed by atoms with Crippen molar-refractivity contribution in [2.24, 2.45) is 0 Å². The van der Waals surface area contributed by atoms with Gasteiger partial charge in [0.25, 0.3) is 0 Å². The summed E-state index contributed by atoms with van der Waals surface area (Å²) in [5.41, 5.74) is 0. The molecule has 0 aromatic heterocycles. The van der Waals surface area contributed by atoms with E-state index in [1.54, 1.807) is 10.1 Å². The molecule has 0 spiro atoms. The van der Waals surface area contributed by atoms with Gasteiger partial charge in [0.05, 0.1) is 0 Å². The van der Waals surface area contributed by atoms with E-state index < -0.39 is 0 Å². The van der Waals surface area contributed by atoms with Gasteiger partial charge < -0.3 is 4.46 Å². The van der Waals surface area contributed by atoms with Crippen LogP contribution in [0.2, 0.25) is 0 Å². The molecule has 0 saturated heterocycles. The second-order valence-corrected chi connectivity index (χ2v) is 0. The van der Waals surface area contributed by atoms with Gasteiger partial charge in [-0.25, -0.2) is 0 Å². The van der Waals surface area contributed by atoms with Crippen molar-refractivity contribution < 1.29 is 52.4 Å². The molecule has 0 unspecified atom stereocenters. The molecule has 0 atom stereocenters. The summed E-state index contributed by atoms with van der Waals surface area (Å²) in [5.74, 6) is 0. The molecule has 1 nitrogen and oxygen atoms in total. The van der Waals surface area contributed by atoms with E-state index in [0.717, 1.165) is 0 Å². The third kappa shape index (κ3) is 9.48. The molecular formula is OSiTiZr. The number of rotatable bonds is 0. The summed E-state index contributed by atoms with van der Waals surface area (Å²) in [6.07, 6.45) is 0. The van der Waals surface area contributed by atoms with Crippen molar-refractivity contribution >= 4 is 10.1 Å². The Morgan fingerprint density at radius 2 is 1.25 bits per heavy atom. The summed E-state index contributed by atoms with van der Waals surface area (Å²) in [4.78, 5) is 0. The van der Waals surface area contributed by atoms with Crippen LogP contribution in [0.1, 0.15) is 0 Å². The predicted octanol–water partition coefficient (Wildman–Crippen LogP) is -0.505. The van der Waals surface area contributed by atoms with E-state index in [4.69, 9.17) is 4.46 Å². The van der Waals surface area contributed by atoms with Crippen molar-refractivity contribution in [3.63, 3.8) is 0 Å². The van der Waals surface area contributed by atoms with E-state index in [9.17, 15) is 0 Å². The molecule has 0 bridgehead atoms. The Labute approximate surface area is 62.0 Å². The van der Waals surface area contributed by atoms with Crippen LogP contribution in [0.15, 0.2) is 0 Å². The summed E-state index contributed by atoms with van der Waals surface area (Å²) < 4.78 is 8.06. The van der Waals surface area contributed by atoms with Gasteiger partial charge in [-0.2, -0.15) is 0 Å². The molecule has 0 aliphatic carbocycles. The molecule has 0 N–H and O–H groups in total. The third-order valence-electron chi connectivity index (χ3n) is 0. The SMILES string of the molecule is O=[Si].[Ti].[Zr]. The smallest absolute Gasteiger partial charge is 0.381 e. The molecule has 0 aliphatic rings. The second-order valence-electron chi connectivity index (χ2n) is 0. The van der Waals surface area contributed by atoms with Gasteiger partial charge in [-0.15, -0.1) is 0 Å². The Hall–Kier alpha value is 1.61. The van der Waals surface area contributed by atoms with Crippen LogP contribution in [0.25, 0.3) is 0 Å². The maximum Gasteiger partial charge on any atom is 0.381 e. The molecule has 0 rings (SSSR count). The summed E-state index contributed by atoms with van der Waals surface area (Å²) in [6, 6.07) is 0. The molecule has 4 heteroatoms. The summed E-state index contributed by atoms with van der Waals surface area (Å²) in [5, 5.41) is 0. The van der Waals surface area contributed by atoms with Crippen molar-refractivity contribution in [2.75, 3.05) is 0 Å². The molecule has 0 saturated carbocycles. The van der Waals surface area contributed by atoms with E-state index in [-0.39, 0.29) is 47.9 Å². The van der Waals surface area contributed by atoms with Gasteiger partial charge in [0.1, 0.15) is 0 Å². The average Bonchev–Trinajstić information content (AvgIpc) is 1.00. The molecule has 18 valence electrons. The first-order valence-electron chi connectivity index (χ1n) is 0.204. The zero-order chi connectivity index (χ0) is 2.00. The topological polar surface area (TPSA) is 17.1 Å². The molecule has 0 aliphatic heterocycles. The van der Waals surface area contributed by atoms with Crippen molar-refractivity contribution in [2.45, 2.75) is 0 Å². The van der Waals surface area contributed by atoms with Crippen LogP contribution < -0.4 is 0 Å². The first-order chi connectivity index (χ1) is 1.00. The summed E-state index contributed by atoms with van der Waals surface area (Å²) in [7, 11) is 1.72. The van der Waals surface area contributed by atoms with Gasteiger partial charge in [0.2, 0.25) is 0 Å². The quantitative estimate of drug-likeness (QED) is 0.462. The van der Waals surface area contributed by atoms with Crippen LogP contribution in [0, 0.1) is 0 Å². The number of hydrogen-bond donors (Lipinski definition) is 0. The number of hydrogen-bond acceptors (Lipinski definition) is 1. The van der Waals surface area contributed by atoms with E-state index in [2.05, 4.69) is 0 Å². The molecule has 0 aromatic carbocycles. The maximum atomic E-state index is 8.06. The van der Waals surface area contributed by atoms with Crippen molar-refractivity contribution in [3.8, 4) is 0 Å². The van der Waals surface area contributed by atoms with Gasteiger partial charge in [-0.1, -0.05) is 0 Å². The standard InChI is InChI=1S/OSi.Ti.Zr/c1-2;;. The molecule has 0 heterocycles. The van der Waals surface area contributed by atoms with Gasteiger partial charge >= 0.3 is 10.1 Å². The van der Waals surface area contributed by atoms with Crippen LogP contribution >= 0.6 is 0 Å². The van der Waals surface area contributed by atoms with Crippen LogP contribution in [-0.4, -0.2) is 10.1 Å². The van der Waals surface area contributed by atoms with E-state index in [0.29, 0.717) is 0 Å². The van der Waals surface area contributed by atoms with Gasteiger partial charge in [-0.3, -0.25) is 0 Å². The molecule has 0 aromatic rings. The van der Waals surface area contributed by atoms with E-state index in [1.807, 2.05) is 0 Å². The molecule has 4 heavy (non-hydrogen) atoms. The zero-order valence-corrected chi connectivity index (χ0v) is 6.93. The minimum absolute atomic E-state index is 0. The Balaban J connectivity index is -0.00000000500. The fraction of sp³-hybridized carbons (Fsp3) is 0. The summed E-state index contributed by atoms with van der Waals surface area (Å²) >= 11 is 0. The van der Waals surface area contributed by atoms with Crippen molar-refractivity contribution in [1.82, 2.24) is 0 Å². The average molecular weight is 183 g/mol. The fourth-order valence-corrected chi connectivity index (χ4v) is 0. The maximum absolute atomic E-state index is 8.06. The monoisotopic (exact) mass is 182 g/mol. The van der Waals surface area contributed by atoms with Crippen molar-refractivity contribution in [3.05, 3.63) is 0 Å². The Bertz CT molecular complexity index is 8.00. The molecule has 2 radical (unpaired) electrons. The molecular weight excluding hydrogens is 183 g/mol. The van der Waals surface area contributed by atoms with Crippen LogP contribution in [0.3, 0.4) is 0 Å². The van der Waals surface area contributed by atoms with Gasteiger partial charge in [0.15, 0.2) is 0 Å². The first kappa shape index (κ1) is 17.5. The van der Waals surface area contributed by atoms with Crippen LogP contribution in [0.4, 0.5) is 0 Å². The van der Waals surface area contributed by atoms with Crippen molar-refractivity contribution in [1.29, 1.82) is 0 Å². The van der Waals surface area contributed by atoms with Gasteiger partial charge in [0, 0.05) is 47.9 Å². The minimum Gasteiger partial charge on any atom is -0.381 e. The normalized spacial score (nSPS) is 1.00. The molecule has 0 fully saturated rings. The Morgan fingerprint density at radius 1 is 1.25 bits per heavy atom. The second kappa shape index (κ2) is 23.1. The van der Waals surface area contributed by atoms with Crippen LogP contribution in [-0.2, 0) is 52.4 Å². The molecule has 0 amide bonds. The minimum atomic E-state index is 0. The zero-order valence-electron chi connectivity index (χ0n) is 1.91. The first-order valence-corrected chi connectivity index (χ1v) is 0.612. The largest absolute Gasteiger partial charge is 0.381 e. The Morgan fingerprint density at radius 3 is 1.25 bits per heavy atom. The Kier molecular flexibility index (Phi) is 101. The third-order valence-corrected chi connectivity index (χ3v) is 0. The predicted molar refractivity (Wildman–Crippen MR) is 6.44 cm³/mol. The summed E-state index contributed by atoms with van der Waals surface area (Å²) in [6.45, 7) is 0. The van der Waals surface area contributed by atoms with Crippen LogP contribution in [0.5, 0.6) is 0 Å². The van der Waals surface area contributed by atoms with Gasteiger partial charge in [-0.05, 0) is 0 Å². The fourth-order valence-electron chi connectivity index (χ4n) is 0. The van der Waals surface area contributed by atoms with E-state index in [1.165, 1.54) is 0 Å².